The molecule has 0 saturated heterocycles. The number of rotatable bonds is 1. The number of sulfone groups is 1. The third kappa shape index (κ3) is 2.04. The highest BCUT2D eigenvalue weighted by Gasteiger charge is 2.37. The van der Waals surface area contributed by atoms with Crippen molar-refractivity contribution in [2.24, 2.45) is 0 Å². The molecule has 0 radical (unpaired) electrons. The van der Waals surface area contributed by atoms with E-state index in [2.05, 4.69) is 0 Å². The number of carbonyl (C=O) groups excluding carboxylic acids is 1. The third-order valence-corrected chi connectivity index (χ3v) is 5.58. The summed E-state index contributed by atoms with van der Waals surface area (Å²) in [5.41, 5.74) is 0.373. The Morgan fingerprint density at radius 2 is 1.58 bits per heavy atom. The Hall–Kier alpha value is -1.75. The highest BCUT2D eigenvalue weighted by molar-refractivity contribution is 8.01. The van der Waals surface area contributed by atoms with Crippen molar-refractivity contribution in [2.75, 3.05) is 0 Å². The molecule has 0 unspecified atom stereocenters. The second kappa shape index (κ2) is 4.13. The molecule has 1 aromatic rings. The maximum Gasteiger partial charge on any atom is 0.211 e. The van der Waals surface area contributed by atoms with Crippen molar-refractivity contribution in [3.63, 3.8) is 0 Å². The van der Waals surface area contributed by atoms with Crippen LogP contribution in [0.15, 0.2) is 30.3 Å². The molecule has 0 aromatic heterocycles. The van der Waals surface area contributed by atoms with E-state index in [1.807, 2.05) is 0 Å². The Morgan fingerprint density at radius 3 is 2.11 bits per heavy atom. The number of nitrogens with one attached hydrogen (secondary N) is 1. The maximum atomic E-state index is 12.5. The van der Waals surface area contributed by atoms with Gasteiger partial charge in [-0.05, 0) is 26.8 Å². The third-order valence-electron chi connectivity index (χ3n) is 3.05. The molecule has 0 fully saturated rings. The topological polar surface area (TPSA) is 75.1 Å². The van der Waals surface area contributed by atoms with Gasteiger partial charge in [-0.25, -0.2) is 8.42 Å². The maximum absolute atomic E-state index is 12.5. The summed E-state index contributed by atoms with van der Waals surface area (Å²) in [6.07, 6.45) is 1.16. The lowest BCUT2D eigenvalue weighted by Gasteiger charge is -2.24. The lowest BCUT2D eigenvalue weighted by molar-refractivity contribution is 0.106. The highest BCUT2D eigenvalue weighted by Crippen LogP contribution is 2.35. The predicted octanol–water partition coefficient (Wildman–Crippen LogP) is 2.46. The van der Waals surface area contributed by atoms with E-state index in [-0.39, 0.29) is 16.2 Å². The van der Waals surface area contributed by atoms with E-state index in [9.17, 15) is 13.2 Å². The van der Waals surface area contributed by atoms with Gasteiger partial charge in [0.1, 0.15) is 5.71 Å². The first-order chi connectivity index (χ1) is 8.66. The molecule has 1 aromatic carbocycles. The molecule has 0 saturated carbocycles. The molecule has 19 heavy (non-hydrogen) atoms. The molecule has 1 N–H and O–H groups in total. The molecule has 0 atom stereocenters. The minimum absolute atomic E-state index is 0.0557. The molecule has 0 aliphatic heterocycles. The molecule has 0 heterocycles. The zero-order valence-corrected chi connectivity index (χ0v) is 11.8. The Morgan fingerprint density at radius 1 is 1.05 bits per heavy atom. The molecule has 5 heteroatoms. The molecule has 0 bridgehead atoms. The average molecular weight is 277 g/mol. The minimum atomic E-state index is -3.60. The van der Waals surface area contributed by atoms with Gasteiger partial charge in [-0.15, -0.1) is 0 Å². The van der Waals surface area contributed by atoms with E-state index in [1.165, 1.54) is 0 Å². The van der Waals surface area contributed by atoms with Crippen LogP contribution < -0.4 is 0 Å². The van der Waals surface area contributed by atoms with Gasteiger partial charge in [0.2, 0.25) is 5.78 Å². The fourth-order valence-electron chi connectivity index (χ4n) is 1.87. The van der Waals surface area contributed by atoms with Gasteiger partial charge in [0.25, 0.3) is 0 Å². The molecule has 1 aliphatic rings. The van der Waals surface area contributed by atoms with Gasteiger partial charge in [0, 0.05) is 11.1 Å². The van der Waals surface area contributed by atoms with Crippen LogP contribution in [0.4, 0.5) is 0 Å². The van der Waals surface area contributed by atoms with Crippen LogP contribution in [0.25, 0.3) is 4.91 Å². The van der Waals surface area contributed by atoms with Crippen molar-refractivity contribution in [2.45, 2.75) is 25.5 Å². The van der Waals surface area contributed by atoms with Crippen LogP contribution >= 0.6 is 0 Å². The normalized spacial score (nSPS) is 16.1. The first-order valence-electron chi connectivity index (χ1n) is 5.85. The Kier molecular flexibility index (Phi) is 2.97. The fraction of sp³-hybridized carbons (Fsp3) is 0.286. The first kappa shape index (κ1) is 13.7. The van der Waals surface area contributed by atoms with E-state index in [1.54, 1.807) is 45.0 Å². The number of benzene rings is 1. The Bertz CT molecular complexity index is 706. The van der Waals surface area contributed by atoms with Gasteiger partial charge in [-0.3, -0.25) is 10.2 Å². The summed E-state index contributed by atoms with van der Waals surface area (Å²) in [5, 5.41) is 7.65. The summed E-state index contributed by atoms with van der Waals surface area (Å²) in [4.78, 5) is 11.9. The van der Waals surface area contributed by atoms with Gasteiger partial charge in [-0.2, -0.15) is 0 Å². The van der Waals surface area contributed by atoms with Crippen LogP contribution in [0, 0.1) is 5.41 Å². The molecular formula is C14H15NO3S. The van der Waals surface area contributed by atoms with Crippen LogP contribution in [0.3, 0.4) is 0 Å². The van der Waals surface area contributed by atoms with Gasteiger partial charge >= 0.3 is 0 Å². The number of allylic oxidation sites excluding steroid dienone is 1. The smallest absolute Gasteiger partial charge is 0.211 e. The van der Waals surface area contributed by atoms with Gasteiger partial charge < -0.3 is 0 Å². The summed E-state index contributed by atoms with van der Waals surface area (Å²) < 4.78 is 24.1. The fourth-order valence-corrected chi connectivity index (χ4v) is 3.27. The van der Waals surface area contributed by atoms with Crippen molar-refractivity contribution < 1.29 is 13.2 Å². The number of hydrogen-bond acceptors (Lipinski definition) is 4. The minimum Gasteiger partial charge on any atom is -0.297 e. The predicted molar refractivity (Wildman–Crippen MR) is 75.1 cm³/mol. The highest BCUT2D eigenvalue weighted by atomic mass is 32.2. The molecule has 0 spiro atoms. The summed E-state index contributed by atoms with van der Waals surface area (Å²) in [6, 6.07) is 6.51. The SMILES string of the molecule is CC(C)(C)S(=O)(=O)C1=CC(=N)C(=O)c2ccccc21. The monoisotopic (exact) mass is 277 g/mol. The Balaban J connectivity index is 2.76. The van der Waals surface area contributed by atoms with E-state index in [0.717, 1.165) is 6.08 Å². The van der Waals surface area contributed by atoms with Crippen molar-refractivity contribution >= 4 is 26.2 Å². The standard InChI is InChI=1S/C14H15NO3S/c1-14(2,3)19(17,18)12-8-11(15)13(16)10-7-5-4-6-9(10)12/h4-8,15H,1-3H3. The molecular weight excluding hydrogens is 262 g/mol. The average Bonchev–Trinajstić information content (AvgIpc) is 2.32. The molecule has 4 nitrogen and oxygen atoms in total. The van der Waals surface area contributed by atoms with E-state index < -0.39 is 20.4 Å². The zero-order valence-electron chi connectivity index (χ0n) is 11.0. The van der Waals surface area contributed by atoms with Gasteiger partial charge in [-0.1, -0.05) is 24.3 Å². The number of Topliss-reactive ketones (excluding diaryl/α,β-unsaturated/α-hetero) is 1. The second-order valence-electron chi connectivity index (χ2n) is 5.41. The van der Waals surface area contributed by atoms with Crippen LogP contribution in [0.2, 0.25) is 0 Å². The lowest BCUT2D eigenvalue weighted by Crippen LogP contribution is -2.31. The van der Waals surface area contributed by atoms with E-state index >= 15 is 0 Å². The van der Waals surface area contributed by atoms with Crippen molar-refractivity contribution in [1.29, 1.82) is 5.41 Å². The molecule has 0 amide bonds. The Labute approximate surface area is 112 Å². The zero-order chi connectivity index (χ0) is 14.4. The summed E-state index contributed by atoms with van der Waals surface area (Å²) in [5.74, 6) is -0.441. The second-order valence-corrected chi connectivity index (χ2v) is 8.08. The first-order valence-corrected chi connectivity index (χ1v) is 7.33. The number of ketones is 1. The van der Waals surface area contributed by atoms with Gasteiger partial charge in [0.15, 0.2) is 9.84 Å². The largest absolute Gasteiger partial charge is 0.297 e. The number of carbonyl (C=O) groups is 1. The van der Waals surface area contributed by atoms with Gasteiger partial charge in [0.05, 0.1) is 9.65 Å². The number of hydrogen-bond donors (Lipinski definition) is 1. The van der Waals surface area contributed by atoms with Crippen LogP contribution in [-0.4, -0.2) is 24.7 Å². The molecule has 2 rings (SSSR count). The van der Waals surface area contributed by atoms with E-state index in [0.29, 0.717) is 5.56 Å². The van der Waals surface area contributed by atoms with Crippen molar-refractivity contribution in [1.82, 2.24) is 0 Å². The quantitative estimate of drug-likeness (QED) is 0.856. The van der Waals surface area contributed by atoms with Crippen molar-refractivity contribution in [3.8, 4) is 0 Å². The van der Waals surface area contributed by atoms with Crippen LogP contribution in [0.5, 0.6) is 0 Å². The summed E-state index contributed by atoms with van der Waals surface area (Å²) >= 11 is 0. The van der Waals surface area contributed by atoms with Crippen molar-refractivity contribution in [3.05, 3.63) is 41.5 Å². The molecule has 100 valence electrons. The molecule has 1 aliphatic carbocycles. The lowest BCUT2D eigenvalue weighted by atomic mass is 9.95. The summed E-state index contributed by atoms with van der Waals surface area (Å²) in [7, 11) is -3.60. The number of fused-ring (bicyclic) bond motifs is 1. The van der Waals surface area contributed by atoms with Crippen LogP contribution in [-0.2, 0) is 9.84 Å². The summed E-state index contributed by atoms with van der Waals surface area (Å²) in [6.45, 7) is 4.81. The van der Waals surface area contributed by atoms with E-state index in [4.69, 9.17) is 5.41 Å². The van der Waals surface area contributed by atoms with Crippen LogP contribution in [0.1, 0.15) is 36.7 Å².